The molecule has 0 saturated carbocycles. The van der Waals surface area contributed by atoms with Crippen LogP contribution in [0.15, 0.2) is 84.9 Å². The van der Waals surface area contributed by atoms with Crippen LogP contribution < -0.4 is 14.8 Å². The lowest BCUT2D eigenvalue weighted by atomic mass is 10.0. The van der Waals surface area contributed by atoms with E-state index in [1.165, 1.54) is 6.07 Å². The first-order chi connectivity index (χ1) is 19.8. The van der Waals surface area contributed by atoms with Crippen LogP contribution in [0, 0.1) is 0 Å². The third-order valence-corrected chi connectivity index (χ3v) is 6.73. The summed E-state index contributed by atoms with van der Waals surface area (Å²) in [4.78, 5) is 34.9. The van der Waals surface area contributed by atoms with Crippen LogP contribution in [0.5, 0.6) is 11.5 Å². The topological polar surface area (TPSA) is 99.6 Å². The molecule has 5 rings (SSSR count). The Bertz CT molecular complexity index is 1740. The standard InChI is InChI=1S/C31H23Cl2N3O5/c1-39-22-9-3-18(4-10-22)29-30(19-5-11-23(40-2)12-6-19)36-27-15-20(7-14-25(27)35-29)31(38)41-17-28(37)34-26-16-21(32)8-13-24(26)33/h3-16H,17H2,1-2H3,(H,34,37). The molecule has 4 aromatic carbocycles. The number of halogens is 2. The fraction of sp³-hybridized carbons (Fsp3) is 0.0968. The van der Waals surface area contributed by atoms with Gasteiger partial charge in [-0.15, -0.1) is 0 Å². The summed E-state index contributed by atoms with van der Waals surface area (Å²) in [5.41, 5.74) is 4.55. The van der Waals surface area contributed by atoms with Gasteiger partial charge in [0.25, 0.3) is 5.91 Å². The van der Waals surface area contributed by atoms with Crippen LogP contribution in [0.1, 0.15) is 10.4 Å². The highest BCUT2D eigenvalue weighted by atomic mass is 35.5. The van der Waals surface area contributed by atoms with Crippen molar-refractivity contribution < 1.29 is 23.8 Å². The first-order valence-corrected chi connectivity index (χ1v) is 13.1. The van der Waals surface area contributed by atoms with E-state index in [0.717, 1.165) is 16.9 Å². The maximum absolute atomic E-state index is 12.8. The number of rotatable bonds is 8. The van der Waals surface area contributed by atoms with Crippen molar-refractivity contribution in [3.8, 4) is 34.0 Å². The quantitative estimate of drug-likeness (QED) is 0.193. The van der Waals surface area contributed by atoms with Crippen molar-refractivity contribution in [2.45, 2.75) is 0 Å². The van der Waals surface area contributed by atoms with Crippen LogP contribution in [-0.4, -0.2) is 42.7 Å². The van der Waals surface area contributed by atoms with Crippen LogP contribution in [0.2, 0.25) is 10.0 Å². The van der Waals surface area contributed by atoms with E-state index in [9.17, 15) is 9.59 Å². The van der Waals surface area contributed by atoms with E-state index in [1.807, 2.05) is 48.5 Å². The number of hydrogen-bond acceptors (Lipinski definition) is 7. The van der Waals surface area contributed by atoms with E-state index < -0.39 is 18.5 Å². The Morgan fingerprint density at radius 3 is 1.90 bits per heavy atom. The Hall–Kier alpha value is -4.66. The largest absolute Gasteiger partial charge is 0.497 e. The van der Waals surface area contributed by atoms with Crippen LogP contribution >= 0.6 is 23.2 Å². The lowest BCUT2D eigenvalue weighted by Gasteiger charge is -2.12. The second-order valence-corrected chi connectivity index (χ2v) is 9.67. The average Bonchev–Trinajstić information content (AvgIpc) is 3.00. The number of aromatic nitrogens is 2. The first-order valence-electron chi connectivity index (χ1n) is 12.4. The zero-order valence-corrected chi connectivity index (χ0v) is 23.5. The van der Waals surface area contributed by atoms with Gasteiger partial charge in [0, 0.05) is 16.1 Å². The van der Waals surface area contributed by atoms with E-state index in [2.05, 4.69) is 5.32 Å². The minimum absolute atomic E-state index is 0.221. The minimum atomic E-state index is -0.689. The normalized spacial score (nSPS) is 10.7. The van der Waals surface area contributed by atoms with Gasteiger partial charge in [-0.3, -0.25) is 4.79 Å². The molecule has 1 amide bonds. The molecule has 0 atom stereocenters. The van der Waals surface area contributed by atoms with Crippen molar-refractivity contribution in [3.63, 3.8) is 0 Å². The summed E-state index contributed by atoms with van der Waals surface area (Å²) in [6, 6.07) is 24.5. The lowest BCUT2D eigenvalue weighted by Crippen LogP contribution is -2.21. The zero-order valence-electron chi connectivity index (χ0n) is 22.0. The summed E-state index contributed by atoms with van der Waals surface area (Å²) in [7, 11) is 3.21. The highest BCUT2D eigenvalue weighted by Gasteiger charge is 2.17. The molecular formula is C31H23Cl2N3O5. The number of carbonyl (C=O) groups is 2. The Balaban J connectivity index is 1.43. The van der Waals surface area contributed by atoms with E-state index in [1.54, 1.807) is 44.6 Å². The maximum Gasteiger partial charge on any atom is 0.338 e. The van der Waals surface area contributed by atoms with Crippen molar-refractivity contribution in [1.29, 1.82) is 0 Å². The number of nitrogens with one attached hydrogen (secondary N) is 1. The number of nitrogens with zero attached hydrogens (tertiary/aromatic N) is 2. The highest BCUT2D eigenvalue weighted by molar-refractivity contribution is 6.35. The number of methoxy groups -OCH3 is 2. The number of hydrogen-bond donors (Lipinski definition) is 1. The molecule has 0 bridgehead atoms. The predicted molar refractivity (Wildman–Crippen MR) is 159 cm³/mol. The second kappa shape index (κ2) is 12.2. The fourth-order valence-corrected chi connectivity index (χ4v) is 4.41. The van der Waals surface area contributed by atoms with Gasteiger partial charge in [-0.05, 0) is 84.9 Å². The highest BCUT2D eigenvalue weighted by Crippen LogP contribution is 2.33. The smallest absolute Gasteiger partial charge is 0.338 e. The van der Waals surface area contributed by atoms with E-state index >= 15 is 0 Å². The molecular weight excluding hydrogens is 565 g/mol. The molecule has 0 aliphatic heterocycles. The number of esters is 1. The van der Waals surface area contributed by atoms with Gasteiger partial charge in [0.05, 0.1) is 52.9 Å². The number of amides is 1. The van der Waals surface area contributed by atoms with Gasteiger partial charge >= 0.3 is 5.97 Å². The molecule has 0 saturated heterocycles. The van der Waals surface area contributed by atoms with Crippen molar-refractivity contribution in [3.05, 3.63) is 101 Å². The Morgan fingerprint density at radius 2 is 1.32 bits per heavy atom. The van der Waals surface area contributed by atoms with Gasteiger partial charge in [-0.2, -0.15) is 0 Å². The van der Waals surface area contributed by atoms with Gasteiger partial charge < -0.3 is 19.5 Å². The third-order valence-electron chi connectivity index (χ3n) is 6.16. The number of benzene rings is 4. The molecule has 10 heteroatoms. The van der Waals surface area contributed by atoms with Crippen LogP contribution in [0.25, 0.3) is 33.5 Å². The summed E-state index contributed by atoms with van der Waals surface area (Å²) in [6.07, 6.45) is 0. The van der Waals surface area contributed by atoms with Gasteiger partial charge in [0.15, 0.2) is 6.61 Å². The summed E-state index contributed by atoms with van der Waals surface area (Å²) in [5.74, 6) is 0.182. The zero-order chi connectivity index (χ0) is 28.9. The third kappa shape index (κ3) is 6.40. The monoisotopic (exact) mass is 587 g/mol. The SMILES string of the molecule is COc1ccc(-c2nc3ccc(C(=O)OCC(=O)Nc4cc(Cl)ccc4Cl)cc3nc2-c2ccc(OC)cc2)cc1. The molecule has 1 heterocycles. The second-order valence-electron chi connectivity index (χ2n) is 8.83. The molecule has 0 radical (unpaired) electrons. The predicted octanol–water partition coefficient (Wildman–Crippen LogP) is 7.08. The number of ether oxygens (including phenoxy) is 3. The number of carbonyl (C=O) groups excluding carboxylic acids is 2. The number of anilines is 1. The molecule has 206 valence electrons. The lowest BCUT2D eigenvalue weighted by molar-refractivity contribution is -0.119. The molecule has 0 aliphatic carbocycles. The summed E-state index contributed by atoms with van der Waals surface area (Å²) < 4.78 is 15.8. The summed E-state index contributed by atoms with van der Waals surface area (Å²) >= 11 is 12.0. The maximum atomic E-state index is 12.8. The van der Waals surface area contributed by atoms with Crippen molar-refractivity contribution in [2.24, 2.45) is 0 Å². The Labute approximate surface area is 245 Å². The van der Waals surface area contributed by atoms with Crippen LogP contribution in [-0.2, 0) is 9.53 Å². The van der Waals surface area contributed by atoms with Crippen LogP contribution in [0.4, 0.5) is 5.69 Å². The fourth-order valence-electron chi connectivity index (χ4n) is 4.08. The van der Waals surface area contributed by atoms with Gasteiger partial charge in [0.2, 0.25) is 0 Å². The van der Waals surface area contributed by atoms with E-state index in [0.29, 0.717) is 43.9 Å². The molecule has 8 nitrogen and oxygen atoms in total. The van der Waals surface area contributed by atoms with Crippen molar-refractivity contribution in [1.82, 2.24) is 9.97 Å². The molecule has 1 aromatic heterocycles. The number of fused-ring (bicyclic) bond motifs is 1. The molecule has 0 spiro atoms. The van der Waals surface area contributed by atoms with E-state index in [-0.39, 0.29) is 5.56 Å². The van der Waals surface area contributed by atoms with E-state index in [4.69, 9.17) is 47.4 Å². The van der Waals surface area contributed by atoms with Crippen molar-refractivity contribution in [2.75, 3.05) is 26.1 Å². The summed E-state index contributed by atoms with van der Waals surface area (Å²) in [6.45, 7) is -0.515. The van der Waals surface area contributed by atoms with Gasteiger partial charge in [-0.25, -0.2) is 14.8 Å². The average molecular weight is 588 g/mol. The Kier molecular flexibility index (Phi) is 8.33. The van der Waals surface area contributed by atoms with Gasteiger partial charge in [0.1, 0.15) is 11.5 Å². The van der Waals surface area contributed by atoms with Crippen LogP contribution in [0.3, 0.4) is 0 Å². The molecule has 0 fully saturated rings. The first kappa shape index (κ1) is 27.9. The van der Waals surface area contributed by atoms with Gasteiger partial charge in [-0.1, -0.05) is 23.2 Å². The Morgan fingerprint density at radius 1 is 0.732 bits per heavy atom. The molecule has 5 aromatic rings. The molecule has 0 aliphatic rings. The minimum Gasteiger partial charge on any atom is -0.497 e. The molecule has 1 N–H and O–H groups in total. The molecule has 0 unspecified atom stereocenters. The summed E-state index contributed by atoms with van der Waals surface area (Å²) in [5, 5.41) is 3.29. The molecule has 41 heavy (non-hydrogen) atoms. The van der Waals surface area contributed by atoms with Crippen molar-refractivity contribution >= 4 is 51.8 Å².